The minimum atomic E-state index is -0.0608. The molecule has 0 unspecified atom stereocenters. The maximum Gasteiger partial charge on any atom is 0.321 e. The minimum absolute atomic E-state index is 0.0608. The average molecular weight is 444 g/mol. The lowest BCUT2D eigenvalue weighted by molar-refractivity contribution is 0.208. The highest BCUT2D eigenvalue weighted by molar-refractivity contribution is 5.89. The summed E-state index contributed by atoms with van der Waals surface area (Å²) in [5.41, 5.74) is 6.64. The van der Waals surface area contributed by atoms with E-state index in [9.17, 15) is 4.79 Å². The van der Waals surface area contributed by atoms with Crippen LogP contribution in [0.3, 0.4) is 0 Å². The van der Waals surface area contributed by atoms with Gasteiger partial charge >= 0.3 is 6.03 Å². The molecule has 6 nitrogen and oxygen atoms in total. The maximum absolute atomic E-state index is 12.7. The first kappa shape index (κ1) is 22.8. The highest BCUT2D eigenvalue weighted by atomic mass is 16.2. The molecule has 0 atom stereocenters. The second-order valence-corrected chi connectivity index (χ2v) is 9.81. The third-order valence-corrected chi connectivity index (χ3v) is 6.35. The van der Waals surface area contributed by atoms with E-state index in [1.165, 1.54) is 16.7 Å². The summed E-state index contributed by atoms with van der Waals surface area (Å²) in [6.45, 7) is 13.5. The lowest BCUT2D eigenvalue weighted by Crippen LogP contribution is -2.50. The average Bonchev–Trinajstić information content (AvgIpc) is 2.81. The van der Waals surface area contributed by atoms with Crippen LogP contribution in [-0.4, -0.2) is 47.3 Å². The number of amides is 2. The molecule has 0 aliphatic carbocycles. The van der Waals surface area contributed by atoms with Crippen LogP contribution in [0.4, 0.5) is 16.3 Å². The Balaban J connectivity index is 1.32. The van der Waals surface area contributed by atoms with E-state index in [1.807, 2.05) is 29.2 Å². The number of carbonyl (C=O) groups is 1. The number of urea groups is 1. The monoisotopic (exact) mass is 443 g/mol. The predicted molar refractivity (Wildman–Crippen MR) is 135 cm³/mol. The molecule has 2 amide bonds. The SMILES string of the molecule is Cc1ccc(-c2ccc(N3CCN(C(=O)Nc4ccc(C(C)(C)C)cc4)CC3)nn2)cc1C. The Morgan fingerprint density at radius 1 is 0.848 bits per heavy atom. The summed E-state index contributed by atoms with van der Waals surface area (Å²) < 4.78 is 0. The number of carbonyl (C=O) groups excluding carboxylic acids is 1. The van der Waals surface area contributed by atoms with Crippen LogP contribution in [0.25, 0.3) is 11.3 Å². The Labute approximate surface area is 196 Å². The van der Waals surface area contributed by atoms with E-state index < -0.39 is 0 Å². The van der Waals surface area contributed by atoms with E-state index >= 15 is 0 Å². The van der Waals surface area contributed by atoms with Gasteiger partial charge in [-0.25, -0.2) is 4.79 Å². The van der Waals surface area contributed by atoms with Crippen LogP contribution >= 0.6 is 0 Å². The van der Waals surface area contributed by atoms with E-state index in [1.54, 1.807) is 0 Å². The fourth-order valence-electron chi connectivity index (χ4n) is 3.94. The number of rotatable bonds is 3. The van der Waals surface area contributed by atoms with Crippen molar-refractivity contribution in [2.24, 2.45) is 0 Å². The van der Waals surface area contributed by atoms with Crippen LogP contribution in [0.1, 0.15) is 37.5 Å². The van der Waals surface area contributed by atoms with Crippen LogP contribution < -0.4 is 10.2 Å². The molecule has 1 aliphatic heterocycles. The first-order chi connectivity index (χ1) is 15.7. The molecule has 1 fully saturated rings. The molecule has 1 aromatic heterocycles. The van der Waals surface area contributed by atoms with Crippen molar-refractivity contribution in [2.75, 3.05) is 36.4 Å². The van der Waals surface area contributed by atoms with E-state index in [-0.39, 0.29) is 11.4 Å². The smallest absolute Gasteiger partial charge is 0.321 e. The summed E-state index contributed by atoms with van der Waals surface area (Å²) in [7, 11) is 0. The van der Waals surface area contributed by atoms with Gasteiger partial charge < -0.3 is 15.1 Å². The Morgan fingerprint density at radius 2 is 1.55 bits per heavy atom. The molecule has 2 heterocycles. The van der Waals surface area contributed by atoms with Crippen LogP contribution in [0.15, 0.2) is 54.6 Å². The van der Waals surface area contributed by atoms with Crippen molar-refractivity contribution in [1.29, 1.82) is 0 Å². The van der Waals surface area contributed by atoms with Gasteiger partial charge in [-0.15, -0.1) is 10.2 Å². The summed E-state index contributed by atoms with van der Waals surface area (Å²) in [6, 6.07) is 18.4. The fourth-order valence-corrected chi connectivity index (χ4v) is 3.94. The molecule has 2 aromatic carbocycles. The van der Waals surface area contributed by atoms with Gasteiger partial charge in [-0.2, -0.15) is 0 Å². The van der Waals surface area contributed by atoms with Crippen molar-refractivity contribution in [3.05, 3.63) is 71.3 Å². The molecule has 0 bridgehead atoms. The second-order valence-electron chi connectivity index (χ2n) is 9.81. The number of nitrogens with one attached hydrogen (secondary N) is 1. The lowest BCUT2D eigenvalue weighted by atomic mass is 9.87. The Kier molecular flexibility index (Phi) is 6.36. The maximum atomic E-state index is 12.7. The van der Waals surface area contributed by atoms with Gasteiger partial charge in [-0.1, -0.05) is 45.0 Å². The highest BCUT2D eigenvalue weighted by Crippen LogP contribution is 2.24. The largest absolute Gasteiger partial charge is 0.352 e. The molecular weight excluding hydrogens is 410 g/mol. The zero-order valence-electron chi connectivity index (χ0n) is 20.2. The van der Waals surface area contributed by atoms with Gasteiger partial charge in [0.1, 0.15) is 0 Å². The number of hydrogen-bond donors (Lipinski definition) is 1. The first-order valence-electron chi connectivity index (χ1n) is 11.5. The summed E-state index contributed by atoms with van der Waals surface area (Å²) in [4.78, 5) is 16.7. The first-order valence-corrected chi connectivity index (χ1v) is 11.5. The van der Waals surface area contributed by atoms with Crippen molar-refractivity contribution in [3.8, 4) is 11.3 Å². The van der Waals surface area contributed by atoms with Gasteiger partial charge in [-0.05, 0) is 66.3 Å². The van der Waals surface area contributed by atoms with Crippen LogP contribution in [0.5, 0.6) is 0 Å². The zero-order valence-corrected chi connectivity index (χ0v) is 20.2. The molecule has 3 aromatic rings. The molecular formula is C27H33N5O. The summed E-state index contributed by atoms with van der Waals surface area (Å²) >= 11 is 0. The van der Waals surface area contributed by atoms with Gasteiger partial charge in [0.2, 0.25) is 0 Å². The number of hydrogen-bond acceptors (Lipinski definition) is 4. The van der Waals surface area contributed by atoms with Crippen LogP contribution in [-0.2, 0) is 5.41 Å². The summed E-state index contributed by atoms with van der Waals surface area (Å²) in [6.07, 6.45) is 0. The Bertz CT molecular complexity index is 1110. The highest BCUT2D eigenvalue weighted by Gasteiger charge is 2.22. The molecule has 1 aliphatic rings. The molecule has 172 valence electrons. The molecule has 33 heavy (non-hydrogen) atoms. The van der Waals surface area contributed by atoms with E-state index in [0.29, 0.717) is 13.1 Å². The summed E-state index contributed by atoms with van der Waals surface area (Å²) in [5.74, 6) is 0.848. The number of aromatic nitrogens is 2. The molecule has 0 saturated carbocycles. The second kappa shape index (κ2) is 9.22. The van der Waals surface area contributed by atoms with Gasteiger partial charge in [0, 0.05) is 37.4 Å². The fraction of sp³-hybridized carbons (Fsp3) is 0.370. The van der Waals surface area contributed by atoms with Crippen molar-refractivity contribution < 1.29 is 4.79 Å². The Morgan fingerprint density at radius 3 is 2.12 bits per heavy atom. The van der Waals surface area contributed by atoms with Crippen molar-refractivity contribution in [3.63, 3.8) is 0 Å². The number of nitrogens with zero attached hydrogens (tertiary/aromatic N) is 4. The predicted octanol–water partition coefficient (Wildman–Crippen LogP) is 5.41. The molecule has 4 rings (SSSR count). The van der Waals surface area contributed by atoms with Crippen molar-refractivity contribution in [1.82, 2.24) is 15.1 Å². The zero-order chi connectivity index (χ0) is 23.6. The summed E-state index contributed by atoms with van der Waals surface area (Å²) in [5, 5.41) is 11.9. The molecule has 1 N–H and O–H groups in total. The number of aryl methyl sites for hydroxylation is 2. The van der Waals surface area contributed by atoms with E-state index in [4.69, 9.17) is 0 Å². The van der Waals surface area contributed by atoms with Gasteiger partial charge in [0.15, 0.2) is 5.82 Å². The third-order valence-electron chi connectivity index (χ3n) is 6.35. The van der Waals surface area contributed by atoms with Gasteiger partial charge in [-0.3, -0.25) is 0 Å². The quantitative estimate of drug-likeness (QED) is 0.588. The number of anilines is 2. The molecule has 6 heteroatoms. The topological polar surface area (TPSA) is 61.4 Å². The van der Waals surface area contributed by atoms with Gasteiger partial charge in [0.25, 0.3) is 0 Å². The van der Waals surface area contributed by atoms with Gasteiger partial charge in [0.05, 0.1) is 5.69 Å². The number of piperazine rings is 1. The van der Waals surface area contributed by atoms with E-state index in [0.717, 1.165) is 35.9 Å². The normalized spacial score (nSPS) is 14.3. The molecule has 1 saturated heterocycles. The molecule has 0 radical (unpaired) electrons. The number of benzene rings is 2. The molecule has 0 spiro atoms. The van der Waals surface area contributed by atoms with E-state index in [2.05, 4.69) is 85.4 Å². The van der Waals surface area contributed by atoms with Crippen LogP contribution in [0.2, 0.25) is 0 Å². The van der Waals surface area contributed by atoms with Crippen LogP contribution in [0, 0.1) is 13.8 Å². The van der Waals surface area contributed by atoms with Crippen molar-refractivity contribution in [2.45, 2.75) is 40.0 Å². The third kappa shape index (κ3) is 5.33. The van der Waals surface area contributed by atoms with Crippen molar-refractivity contribution >= 4 is 17.5 Å². The lowest BCUT2D eigenvalue weighted by Gasteiger charge is -2.35. The Hall–Kier alpha value is -3.41. The standard InChI is InChI=1S/C27H33N5O/c1-19-6-7-21(18-20(19)2)24-12-13-25(30-29-24)31-14-16-32(17-15-31)26(33)28-23-10-8-22(9-11-23)27(3,4)5/h6-13,18H,14-17H2,1-5H3,(H,28,33). The minimum Gasteiger partial charge on any atom is -0.352 e.